The van der Waals surface area contributed by atoms with E-state index in [0.29, 0.717) is 6.42 Å². The number of nitrogens with zero attached hydrogens (tertiary/aromatic N) is 3. The van der Waals surface area contributed by atoms with Crippen LogP contribution in [0.15, 0.2) is 6.20 Å². The maximum Gasteiger partial charge on any atom is 0.106 e. The summed E-state index contributed by atoms with van der Waals surface area (Å²) in [5, 5.41) is 21.6. The molecule has 2 N–H and O–H groups in total. The number of hydrogen-bond donors (Lipinski definition) is 2. The lowest BCUT2D eigenvalue weighted by Gasteiger charge is -2.23. The van der Waals surface area contributed by atoms with Crippen LogP contribution in [0.25, 0.3) is 0 Å². The van der Waals surface area contributed by atoms with Crippen LogP contribution in [0.1, 0.15) is 45.7 Å². The quantitative estimate of drug-likeness (QED) is 0.672. The first kappa shape index (κ1) is 14.1. The number of aromatic nitrogens is 3. The molecule has 0 bridgehead atoms. The molecule has 0 fully saturated rings. The Morgan fingerprint density at radius 3 is 2.76 bits per heavy atom. The summed E-state index contributed by atoms with van der Waals surface area (Å²) in [6.07, 6.45) is 4.43. The molecule has 1 aromatic heterocycles. The van der Waals surface area contributed by atoms with E-state index in [1.54, 1.807) is 10.9 Å². The van der Waals surface area contributed by atoms with Gasteiger partial charge in [-0.15, -0.1) is 5.10 Å². The highest BCUT2D eigenvalue weighted by Crippen LogP contribution is 2.23. The van der Waals surface area contributed by atoms with Gasteiger partial charge >= 0.3 is 0 Å². The second-order valence-corrected chi connectivity index (χ2v) is 4.62. The summed E-state index contributed by atoms with van der Waals surface area (Å²) in [5.41, 5.74) is -0.0583. The van der Waals surface area contributed by atoms with Crippen molar-refractivity contribution >= 4 is 0 Å². The highest BCUT2D eigenvalue weighted by Gasteiger charge is 2.27. The van der Waals surface area contributed by atoms with Crippen LogP contribution < -0.4 is 5.32 Å². The summed E-state index contributed by atoms with van der Waals surface area (Å²) in [7, 11) is 0. The minimum absolute atomic E-state index is 0.671. The first-order chi connectivity index (χ1) is 8.11. The lowest BCUT2D eigenvalue weighted by molar-refractivity contribution is 0.0385. The minimum Gasteiger partial charge on any atom is -0.384 e. The molecule has 17 heavy (non-hydrogen) atoms. The highest BCUT2D eigenvalue weighted by atomic mass is 16.3. The van der Waals surface area contributed by atoms with Crippen molar-refractivity contribution in [3.63, 3.8) is 0 Å². The number of hydrogen-bond acceptors (Lipinski definition) is 4. The number of aliphatic hydroxyl groups is 1. The van der Waals surface area contributed by atoms with E-state index in [4.69, 9.17) is 0 Å². The number of rotatable bonds is 8. The maximum atomic E-state index is 10.4. The Morgan fingerprint density at radius 1 is 1.35 bits per heavy atom. The Hall–Kier alpha value is -0.940. The van der Waals surface area contributed by atoms with Crippen LogP contribution in [-0.2, 0) is 12.1 Å². The van der Waals surface area contributed by atoms with Gasteiger partial charge in [0.2, 0.25) is 0 Å². The topological polar surface area (TPSA) is 63.0 Å². The van der Waals surface area contributed by atoms with Crippen LogP contribution in [-0.4, -0.2) is 33.2 Å². The molecule has 0 radical (unpaired) electrons. The van der Waals surface area contributed by atoms with Gasteiger partial charge in [-0.3, -0.25) is 0 Å². The van der Waals surface area contributed by atoms with Gasteiger partial charge in [-0.25, -0.2) is 4.68 Å². The van der Waals surface area contributed by atoms with Gasteiger partial charge in [-0.1, -0.05) is 19.1 Å². The summed E-state index contributed by atoms with van der Waals surface area (Å²) in [6.45, 7) is 8.63. The van der Waals surface area contributed by atoms with Crippen LogP contribution in [0.4, 0.5) is 0 Å². The van der Waals surface area contributed by atoms with Crippen molar-refractivity contribution in [1.82, 2.24) is 20.3 Å². The zero-order valence-corrected chi connectivity index (χ0v) is 11.1. The van der Waals surface area contributed by atoms with Gasteiger partial charge in [0, 0.05) is 6.54 Å². The van der Waals surface area contributed by atoms with E-state index < -0.39 is 5.60 Å². The zero-order valence-electron chi connectivity index (χ0n) is 11.1. The summed E-state index contributed by atoms with van der Waals surface area (Å²) >= 11 is 0. The fraction of sp³-hybridized carbons (Fsp3) is 0.833. The third-order valence-corrected chi connectivity index (χ3v) is 2.82. The molecule has 5 heteroatoms. The smallest absolute Gasteiger partial charge is 0.106 e. The monoisotopic (exact) mass is 240 g/mol. The van der Waals surface area contributed by atoms with Gasteiger partial charge in [0.25, 0.3) is 0 Å². The molecule has 0 aliphatic heterocycles. The Bertz CT molecular complexity index is 322. The van der Waals surface area contributed by atoms with Gasteiger partial charge in [0.1, 0.15) is 5.60 Å². The van der Waals surface area contributed by atoms with Crippen molar-refractivity contribution in [2.45, 2.75) is 52.2 Å². The molecule has 0 aromatic carbocycles. The van der Waals surface area contributed by atoms with Crippen LogP contribution in [0.2, 0.25) is 0 Å². The Morgan fingerprint density at radius 2 is 2.12 bits per heavy atom. The average Bonchev–Trinajstić information content (AvgIpc) is 2.74. The van der Waals surface area contributed by atoms with Crippen molar-refractivity contribution in [3.8, 4) is 0 Å². The molecule has 1 heterocycles. The van der Waals surface area contributed by atoms with E-state index in [9.17, 15) is 5.11 Å². The molecular formula is C12H24N4O. The summed E-state index contributed by atoms with van der Waals surface area (Å²) in [5.74, 6) is 0. The fourth-order valence-corrected chi connectivity index (χ4v) is 1.81. The second kappa shape index (κ2) is 6.71. The molecule has 1 unspecified atom stereocenters. The van der Waals surface area contributed by atoms with E-state index in [-0.39, 0.29) is 0 Å². The van der Waals surface area contributed by atoms with Crippen molar-refractivity contribution in [3.05, 3.63) is 11.9 Å². The molecule has 1 aromatic rings. The molecule has 0 aliphatic rings. The number of aryl methyl sites for hydroxylation is 1. The van der Waals surface area contributed by atoms with E-state index in [1.807, 2.05) is 6.92 Å². The van der Waals surface area contributed by atoms with Gasteiger partial charge in [0.15, 0.2) is 0 Å². The minimum atomic E-state index is -0.862. The van der Waals surface area contributed by atoms with Crippen LogP contribution in [0.5, 0.6) is 0 Å². The first-order valence-corrected chi connectivity index (χ1v) is 6.44. The third kappa shape index (κ3) is 4.09. The summed E-state index contributed by atoms with van der Waals surface area (Å²) in [6, 6.07) is 0. The molecule has 0 saturated carbocycles. The first-order valence-electron chi connectivity index (χ1n) is 6.44. The molecule has 0 aliphatic carbocycles. The summed E-state index contributed by atoms with van der Waals surface area (Å²) in [4.78, 5) is 0. The van der Waals surface area contributed by atoms with E-state index >= 15 is 0 Å². The van der Waals surface area contributed by atoms with Gasteiger partial charge in [-0.2, -0.15) is 0 Å². The average molecular weight is 240 g/mol. The fourth-order valence-electron chi connectivity index (χ4n) is 1.81. The predicted octanol–water partition coefficient (Wildman–Crippen LogP) is 1.29. The normalized spacial score (nSPS) is 14.8. The molecule has 0 spiro atoms. The molecule has 98 valence electrons. The molecule has 5 nitrogen and oxygen atoms in total. The molecule has 1 atom stereocenters. The van der Waals surface area contributed by atoms with Crippen LogP contribution >= 0.6 is 0 Å². The summed E-state index contributed by atoms with van der Waals surface area (Å²) < 4.78 is 1.79. The van der Waals surface area contributed by atoms with Gasteiger partial charge < -0.3 is 10.4 Å². The maximum absolute atomic E-state index is 10.4. The van der Waals surface area contributed by atoms with E-state index in [1.165, 1.54) is 0 Å². The lowest BCUT2D eigenvalue weighted by Crippen LogP contribution is -2.30. The highest BCUT2D eigenvalue weighted by molar-refractivity contribution is 5.06. The molecular weight excluding hydrogens is 216 g/mol. The van der Waals surface area contributed by atoms with Crippen LogP contribution in [0, 0.1) is 0 Å². The largest absolute Gasteiger partial charge is 0.384 e. The predicted molar refractivity (Wildman–Crippen MR) is 67.7 cm³/mol. The van der Waals surface area contributed by atoms with Gasteiger partial charge in [-0.05, 0) is 39.3 Å². The lowest BCUT2D eigenvalue weighted by atomic mass is 9.98. The third-order valence-electron chi connectivity index (χ3n) is 2.82. The Kier molecular flexibility index (Phi) is 5.58. The molecule has 1 rings (SSSR count). The molecule has 0 saturated heterocycles. The van der Waals surface area contributed by atoms with E-state index in [2.05, 4.69) is 29.5 Å². The van der Waals surface area contributed by atoms with Crippen molar-refractivity contribution in [1.29, 1.82) is 0 Å². The van der Waals surface area contributed by atoms with Crippen LogP contribution in [0.3, 0.4) is 0 Å². The standard InChI is InChI=1S/C12H24N4O/c1-4-7-13-8-6-12(3,17)11-10-14-15-16(11)9-5-2/h10,13,17H,4-9H2,1-3H3. The Balaban J connectivity index is 2.58. The van der Waals surface area contributed by atoms with E-state index in [0.717, 1.165) is 38.2 Å². The Labute approximate surface area is 103 Å². The zero-order chi connectivity index (χ0) is 12.7. The van der Waals surface area contributed by atoms with Crippen molar-refractivity contribution in [2.75, 3.05) is 13.1 Å². The van der Waals surface area contributed by atoms with Gasteiger partial charge in [0.05, 0.1) is 11.9 Å². The second-order valence-electron chi connectivity index (χ2n) is 4.62. The van der Waals surface area contributed by atoms with Crippen molar-refractivity contribution < 1.29 is 5.11 Å². The number of nitrogens with one attached hydrogen (secondary N) is 1. The molecule has 0 amide bonds. The SMILES string of the molecule is CCCNCCC(C)(O)c1cnnn1CCC. The van der Waals surface area contributed by atoms with Crippen molar-refractivity contribution in [2.24, 2.45) is 0 Å².